The number of anilines is 3. The van der Waals surface area contributed by atoms with Crippen LogP contribution in [0.15, 0.2) is 206 Å². The van der Waals surface area contributed by atoms with Crippen molar-refractivity contribution in [3.8, 4) is 45.3 Å². The fourth-order valence-corrected chi connectivity index (χ4v) is 14.7. The van der Waals surface area contributed by atoms with Crippen molar-refractivity contribution in [2.75, 3.05) is 4.90 Å². The summed E-state index contributed by atoms with van der Waals surface area (Å²) in [7, 11) is -3.20. The van der Waals surface area contributed by atoms with Gasteiger partial charge >= 0.3 is 0 Å². The third kappa shape index (κ3) is 5.32. The predicted molar refractivity (Wildman–Crippen MR) is 242 cm³/mol. The Morgan fingerprint density at radius 2 is 0.707 bits per heavy atom. The van der Waals surface area contributed by atoms with Gasteiger partial charge in [0.15, 0.2) is 17.5 Å². The Kier molecular flexibility index (Phi) is 8.12. The topological polar surface area (TPSA) is 41.9 Å². The third-order valence-electron chi connectivity index (χ3n) is 11.5. The van der Waals surface area contributed by atoms with Crippen LogP contribution in [0.2, 0.25) is 0 Å². The first-order valence-corrected chi connectivity index (χ1v) is 21.7. The van der Waals surface area contributed by atoms with Gasteiger partial charge in [0.25, 0.3) is 0 Å². The summed E-state index contributed by atoms with van der Waals surface area (Å²) in [6.07, 6.45) is 4.50. The van der Waals surface area contributed by atoms with Crippen LogP contribution in [0.25, 0.3) is 57.4 Å². The zero-order chi connectivity index (χ0) is 38.5. The highest BCUT2D eigenvalue weighted by atomic mass is 28.3. The van der Waals surface area contributed by atoms with E-state index in [1.807, 2.05) is 36.4 Å². The van der Waals surface area contributed by atoms with Crippen LogP contribution >= 0.6 is 0 Å². The minimum atomic E-state index is -3.20. The lowest BCUT2D eigenvalue weighted by atomic mass is 10.0. The smallest absolute Gasteiger partial charge is 0.164 e. The van der Waals surface area contributed by atoms with Crippen LogP contribution in [0.3, 0.4) is 0 Å². The van der Waals surface area contributed by atoms with Gasteiger partial charge in [-0.05, 0) is 48.5 Å². The predicted octanol–water partition coefficient (Wildman–Crippen LogP) is 10.2. The molecule has 0 spiro atoms. The number of rotatable bonds is 6. The van der Waals surface area contributed by atoms with Crippen molar-refractivity contribution in [2.45, 2.75) is 0 Å². The maximum atomic E-state index is 5.36. The molecule has 0 fully saturated rings. The molecule has 0 amide bonds. The lowest BCUT2D eigenvalue weighted by Crippen LogP contribution is -2.73. The van der Waals surface area contributed by atoms with Crippen LogP contribution < -0.4 is 25.6 Å². The highest BCUT2D eigenvalue weighted by Gasteiger charge is 2.41. The van der Waals surface area contributed by atoms with E-state index in [0.29, 0.717) is 17.5 Å². The van der Waals surface area contributed by atoms with Crippen molar-refractivity contribution >= 4 is 58.0 Å². The molecule has 3 heterocycles. The molecule has 0 aliphatic carbocycles. The van der Waals surface area contributed by atoms with Crippen LogP contribution in [-0.4, -0.2) is 23.0 Å². The van der Waals surface area contributed by atoms with Gasteiger partial charge in [-0.2, -0.15) is 15.6 Å². The first kappa shape index (κ1) is 33.8. The van der Waals surface area contributed by atoms with Crippen molar-refractivity contribution in [3.05, 3.63) is 217 Å². The average Bonchev–Trinajstić information content (AvgIpc) is 3.51. The van der Waals surface area contributed by atoms with E-state index in [9.17, 15) is 0 Å². The van der Waals surface area contributed by atoms with Crippen LogP contribution in [0.5, 0.6) is 0 Å². The molecule has 0 bridgehead atoms. The molecule has 2 aliphatic rings. The second kappa shape index (κ2) is 13.9. The van der Waals surface area contributed by atoms with Crippen LogP contribution in [0.4, 0.5) is 17.1 Å². The van der Waals surface area contributed by atoms with E-state index in [-0.39, 0.29) is 0 Å². The molecule has 0 saturated heterocycles. The van der Waals surface area contributed by atoms with E-state index in [1.54, 1.807) is 0 Å². The van der Waals surface area contributed by atoms with E-state index >= 15 is 0 Å². The quantitative estimate of drug-likeness (QED) is 0.159. The summed E-state index contributed by atoms with van der Waals surface area (Å²) >= 11 is 0. The zero-order valence-corrected chi connectivity index (χ0v) is 32.6. The number of benzene rings is 8. The molecule has 0 unspecified atom stereocenters. The molecule has 4 nitrogen and oxygen atoms in total. The minimum Gasteiger partial charge on any atom is -0.312 e. The molecule has 9 aromatic rings. The molecule has 0 saturated carbocycles. The number of nitrogens with zero attached hydrogens (tertiary/aromatic N) is 4. The molecule has 0 atom stereocenters. The Hall–Kier alpha value is -7.47. The molecular weight excluding hydrogens is 721 g/mol. The van der Waals surface area contributed by atoms with Crippen molar-refractivity contribution in [1.29, 1.82) is 0 Å². The van der Waals surface area contributed by atoms with Gasteiger partial charge < -0.3 is 4.90 Å². The Morgan fingerprint density at radius 3 is 1.24 bits per heavy atom. The van der Waals surface area contributed by atoms with Gasteiger partial charge in [-0.1, -0.05) is 206 Å². The van der Waals surface area contributed by atoms with Crippen molar-refractivity contribution < 1.29 is 0 Å². The fraction of sp³-hybridized carbons (Fsp3) is 0. The fourth-order valence-electron chi connectivity index (χ4n) is 9.12. The lowest BCUT2D eigenvalue weighted by Gasteiger charge is -2.47. The average molecular weight is 757 g/mol. The second-order valence-corrected chi connectivity index (χ2v) is 18.4. The van der Waals surface area contributed by atoms with E-state index in [1.165, 1.54) is 48.7 Å². The Balaban J connectivity index is 1.27. The maximum absolute atomic E-state index is 5.36. The summed E-state index contributed by atoms with van der Waals surface area (Å²) in [5.41, 5.74) is 11.2. The van der Waals surface area contributed by atoms with E-state index < -0.39 is 8.07 Å². The Labute approximate surface area is 339 Å². The largest absolute Gasteiger partial charge is 0.312 e. The molecule has 273 valence electrons. The minimum absolute atomic E-state index is 0.648. The molecule has 5 heteroatoms. The molecular formula is C53H36N4Si-. The highest BCUT2D eigenvalue weighted by molar-refractivity contribution is 7.23. The maximum Gasteiger partial charge on any atom is 0.164 e. The monoisotopic (exact) mass is 756 g/mol. The normalized spacial score (nSPS) is 13.2. The van der Waals surface area contributed by atoms with Gasteiger partial charge in [-0.3, -0.25) is 0 Å². The van der Waals surface area contributed by atoms with Gasteiger partial charge in [0.2, 0.25) is 0 Å². The van der Waals surface area contributed by atoms with Gasteiger partial charge in [0.05, 0.1) is 11.4 Å². The summed E-state index contributed by atoms with van der Waals surface area (Å²) in [5.74, 6) is 1.96. The molecule has 2 aliphatic heterocycles. The molecule has 1 aromatic heterocycles. The summed E-state index contributed by atoms with van der Waals surface area (Å²) in [5, 5.41) is 5.24. The van der Waals surface area contributed by atoms with E-state index in [4.69, 9.17) is 15.0 Å². The van der Waals surface area contributed by atoms with Crippen molar-refractivity contribution in [2.24, 2.45) is 0 Å². The van der Waals surface area contributed by atoms with Crippen LogP contribution in [0, 0.1) is 0 Å². The van der Waals surface area contributed by atoms with Gasteiger partial charge in [0.1, 0.15) is 0 Å². The van der Waals surface area contributed by atoms with Gasteiger partial charge in [0, 0.05) is 16.8 Å². The number of hydrogen-bond donors (Lipinski definition) is 0. The van der Waals surface area contributed by atoms with Crippen LogP contribution in [0.1, 0.15) is 11.1 Å². The Morgan fingerprint density at radius 1 is 0.310 bits per heavy atom. The first-order valence-electron chi connectivity index (χ1n) is 19.7. The first-order chi connectivity index (χ1) is 28.8. The number of fused-ring (bicyclic) bond motifs is 5. The Bertz CT molecular complexity index is 2860. The number of aromatic nitrogens is 3. The lowest BCUT2D eigenvalue weighted by molar-refractivity contribution is 1.08. The second-order valence-electron chi connectivity index (χ2n) is 14.7. The summed E-state index contributed by atoms with van der Waals surface area (Å²) < 4.78 is 0. The zero-order valence-electron chi connectivity index (χ0n) is 31.6. The van der Waals surface area contributed by atoms with E-state index in [0.717, 1.165) is 28.1 Å². The number of hydrogen-bond acceptors (Lipinski definition) is 4. The SMILES string of the molecule is C1=Cc2ccccc2N(c2cccc3c2[Si-](c2ccccc2)(c2ccccc2)c2c(-c4nc(-c5ccccc5)nc(-c5ccccc5)n4)cccc2-3)c2ccccc21. The highest BCUT2D eigenvalue weighted by Crippen LogP contribution is 2.45. The summed E-state index contributed by atoms with van der Waals surface area (Å²) in [4.78, 5) is 18.3. The summed E-state index contributed by atoms with van der Waals surface area (Å²) in [6.45, 7) is 0. The van der Waals surface area contributed by atoms with Gasteiger partial charge in [-0.25, -0.2) is 15.0 Å². The molecule has 0 N–H and O–H groups in total. The number of para-hydroxylation sites is 2. The van der Waals surface area contributed by atoms with Crippen LogP contribution in [-0.2, 0) is 0 Å². The molecule has 8 aromatic carbocycles. The summed E-state index contributed by atoms with van der Waals surface area (Å²) in [6, 6.07) is 74.0. The van der Waals surface area contributed by atoms with Crippen molar-refractivity contribution in [1.82, 2.24) is 15.0 Å². The van der Waals surface area contributed by atoms with E-state index in [2.05, 4.69) is 187 Å². The van der Waals surface area contributed by atoms with Gasteiger partial charge in [-0.15, -0.1) is 5.19 Å². The van der Waals surface area contributed by atoms with Crippen molar-refractivity contribution in [3.63, 3.8) is 0 Å². The molecule has 11 rings (SSSR count). The standard InChI is InChI=1S/C53H36N4Si/c1-5-21-39(22-6-1)51-54-52(40-23-7-2-8-24-40)56-53(55-51)45-31-17-29-43-44-30-18-34-48(57-46-32-15-13-19-37(46)35-36-38-20-14-16-33-47(38)57)50(44)58(49(43)45,41-25-9-3-10-26-41)42-27-11-4-12-28-42/h1-36H/q-1. The molecule has 58 heavy (non-hydrogen) atoms. The molecule has 0 radical (unpaired) electrons. The third-order valence-corrected chi connectivity index (χ3v) is 16.5.